The van der Waals surface area contributed by atoms with E-state index in [4.69, 9.17) is 14.2 Å². The molecule has 0 aromatic carbocycles. The number of aliphatic hydroxyl groups excluding tert-OH is 1. The molecule has 5 heteroatoms. The zero-order valence-electron chi connectivity index (χ0n) is 8.93. The minimum Gasteiger partial charge on any atom is -0.384 e. The first-order chi connectivity index (χ1) is 6.45. The van der Waals surface area contributed by atoms with Crippen LogP contribution in [0.15, 0.2) is 0 Å². The van der Waals surface area contributed by atoms with E-state index in [2.05, 4.69) is 0 Å². The molecule has 1 fully saturated rings. The first-order valence-corrected chi connectivity index (χ1v) is 4.56. The average Bonchev–Trinajstić information content (AvgIpc) is 2.02. The molecule has 2 N–H and O–H groups in total. The highest BCUT2D eigenvalue weighted by Gasteiger charge is 2.52. The molecule has 0 aliphatic carbocycles. The van der Waals surface area contributed by atoms with Crippen molar-refractivity contribution >= 4 is 0 Å². The number of rotatable bonds is 2. The molecule has 84 valence electrons. The zero-order chi connectivity index (χ0) is 10.9. The third-order valence-electron chi connectivity index (χ3n) is 2.70. The number of hydrogen-bond donors (Lipinski definition) is 2. The summed E-state index contributed by atoms with van der Waals surface area (Å²) in [6.07, 6.45) is -2.83. The third-order valence-corrected chi connectivity index (χ3v) is 2.70. The van der Waals surface area contributed by atoms with Crippen molar-refractivity contribution in [3.05, 3.63) is 0 Å². The maximum absolute atomic E-state index is 10.1. The second-order valence-electron chi connectivity index (χ2n) is 3.77. The van der Waals surface area contributed by atoms with Crippen LogP contribution in [0.3, 0.4) is 0 Å². The quantitative estimate of drug-likeness (QED) is 0.638. The Bertz CT molecular complexity index is 176. The van der Waals surface area contributed by atoms with Gasteiger partial charge in [-0.25, -0.2) is 0 Å². The molecular formula is C9H18O5. The Morgan fingerprint density at radius 3 is 2.14 bits per heavy atom. The summed E-state index contributed by atoms with van der Waals surface area (Å²) < 4.78 is 15.3. The summed E-state index contributed by atoms with van der Waals surface area (Å²) in [6, 6.07) is 0. The van der Waals surface area contributed by atoms with Gasteiger partial charge < -0.3 is 24.4 Å². The summed E-state index contributed by atoms with van der Waals surface area (Å²) in [4.78, 5) is 0. The van der Waals surface area contributed by atoms with Gasteiger partial charge >= 0.3 is 0 Å². The van der Waals surface area contributed by atoms with E-state index in [0.29, 0.717) is 0 Å². The van der Waals surface area contributed by atoms with Gasteiger partial charge in [0.05, 0.1) is 6.10 Å². The number of hydrogen-bond acceptors (Lipinski definition) is 5. The van der Waals surface area contributed by atoms with Crippen molar-refractivity contribution in [2.75, 3.05) is 14.2 Å². The van der Waals surface area contributed by atoms with Gasteiger partial charge in [-0.2, -0.15) is 0 Å². The summed E-state index contributed by atoms with van der Waals surface area (Å²) in [7, 11) is 2.90. The molecule has 5 atom stereocenters. The molecule has 0 saturated carbocycles. The van der Waals surface area contributed by atoms with Gasteiger partial charge in [-0.05, 0) is 13.8 Å². The van der Waals surface area contributed by atoms with E-state index in [9.17, 15) is 10.2 Å². The predicted octanol–water partition coefficient (Wildman–Crippen LogP) is -0.496. The van der Waals surface area contributed by atoms with E-state index < -0.39 is 24.1 Å². The van der Waals surface area contributed by atoms with Crippen LogP contribution in [-0.4, -0.2) is 54.6 Å². The lowest BCUT2D eigenvalue weighted by atomic mass is 9.86. The highest BCUT2D eigenvalue weighted by molar-refractivity contribution is 4.99. The lowest BCUT2D eigenvalue weighted by Gasteiger charge is -2.46. The molecule has 0 bridgehead atoms. The van der Waals surface area contributed by atoms with Gasteiger partial charge in [0.1, 0.15) is 17.8 Å². The molecule has 14 heavy (non-hydrogen) atoms. The fourth-order valence-corrected chi connectivity index (χ4v) is 2.07. The van der Waals surface area contributed by atoms with Crippen LogP contribution in [0.1, 0.15) is 13.8 Å². The smallest absolute Gasteiger partial charge is 0.184 e. The minimum atomic E-state index is -1.26. The molecule has 1 aliphatic heterocycles. The van der Waals surface area contributed by atoms with Crippen molar-refractivity contribution in [3.8, 4) is 0 Å². The monoisotopic (exact) mass is 206 g/mol. The maximum atomic E-state index is 10.1. The van der Waals surface area contributed by atoms with Crippen molar-refractivity contribution in [3.63, 3.8) is 0 Å². The third kappa shape index (κ3) is 1.78. The molecular weight excluding hydrogens is 188 g/mol. The lowest BCUT2D eigenvalue weighted by Crippen LogP contribution is -2.65. The highest BCUT2D eigenvalue weighted by Crippen LogP contribution is 2.31. The van der Waals surface area contributed by atoms with Gasteiger partial charge in [0.15, 0.2) is 6.29 Å². The molecule has 1 heterocycles. The van der Waals surface area contributed by atoms with E-state index in [1.807, 2.05) is 0 Å². The van der Waals surface area contributed by atoms with Crippen molar-refractivity contribution in [1.82, 2.24) is 0 Å². The topological polar surface area (TPSA) is 68.2 Å². The fraction of sp³-hybridized carbons (Fsp3) is 1.00. The molecule has 1 aliphatic rings. The minimum absolute atomic E-state index is 0.378. The number of ether oxygens (including phenoxy) is 3. The Hall–Kier alpha value is -0.200. The summed E-state index contributed by atoms with van der Waals surface area (Å²) in [5.41, 5.74) is -1.26. The number of methoxy groups -OCH3 is 2. The highest BCUT2D eigenvalue weighted by atomic mass is 16.7. The first-order valence-electron chi connectivity index (χ1n) is 4.56. The van der Waals surface area contributed by atoms with Crippen molar-refractivity contribution in [2.24, 2.45) is 0 Å². The van der Waals surface area contributed by atoms with Gasteiger partial charge in [-0.3, -0.25) is 0 Å². The molecule has 0 aromatic heterocycles. The van der Waals surface area contributed by atoms with Gasteiger partial charge in [-0.1, -0.05) is 0 Å². The van der Waals surface area contributed by atoms with Crippen LogP contribution in [-0.2, 0) is 14.2 Å². The molecule has 1 unspecified atom stereocenters. The molecule has 0 amide bonds. The molecule has 1 saturated heterocycles. The van der Waals surface area contributed by atoms with Gasteiger partial charge in [0.2, 0.25) is 0 Å². The van der Waals surface area contributed by atoms with Crippen LogP contribution in [0.2, 0.25) is 0 Å². The van der Waals surface area contributed by atoms with E-state index in [1.54, 1.807) is 13.8 Å². The maximum Gasteiger partial charge on any atom is 0.184 e. The van der Waals surface area contributed by atoms with E-state index in [0.717, 1.165) is 0 Å². The summed E-state index contributed by atoms with van der Waals surface area (Å²) in [6.45, 7) is 3.30. The Morgan fingerprint density at radius 1 is 1.21 bits per heavy atom. The summed E-state index contributed by atoms with van der Waals surface area (Å²) in [5, 5.41) is 19.7. The first kappa shape index (κ1) is 11.9. The predicted molar refractivity (Wildman–Crippen MR) is 48.8 cm³/mol. The second kappa shape index (κ2) is 4.12. The molecule has 5 nitrogen and oxygen atoms in total. The Balaban J connectivity index is 2.89. The molecule has 1 rings (SSSR count). The Labute approximate surface area is 83.6 Å². The van der Waals surface area contributed by atoms with Crippen LogP contribution < -0.4 is 0 Å². The van der Waals surface area contributed by atoms with Crippen LogP contribution in [0.4, 0.5) is 0 Å². The summed E-state index contributed by atoms with van der Waals surface area (Å²) >= 11 is 0. The SMILES string of the molecule is CO[C@H]1C(O)O[C@@H](C)[C@H](OC)[C@@]1(C)O. The largest absolute Gasteiger partial charge is 0.384 e. The van der Waals surface area contributed by atoms with E-state index in [-0.39, 0.29) is 6.10 Å². The standard InChI is InChI=1S/C9H18O5/c1-5-6(12-3)9(2,11)7(13-4)8(10)14-5/h5-8,10-11H,1-4H3/t5-,6-,7-,8?,9+/m0/s1. The van der Waals surface area contributed by atoms with E-state index in [1.165, 1.54) is 14.2 Å². The second-order valence-corrected chi connectivity index (χ2v) is 3.77. The zero-order valence-corrected chi connectivity index (χ0v) is 8.93. The Kier molecular flexibility index (Phi) is 3.49. The van der Waals surface area contributed by atoms with Crippen molar-refractivity contribution in [1.29, 1.82) is 0 Å². The lowest BCUT2D eigenvalue weighted by molar-refractivity contribution is -0.318. The summed E-state index contributed by atoms with van der Waals surface area (Å²) in [5.74, 6) is 0. The van der Waals surface area contributed by atoms with Crippen LogP contribution in [0, 0.1) is 0 Å². The van der Waals surface area contributed by atoms with Crippen LogP contribution in [0.5, 0.6) is 0 Å². The van der Waals surface area contributed by atoms with Crippen molar-refractivity contribution < 1.29 is 24.4 Å². The normalized spacial score (nSPS) is 49.3. The average molecular weight is 206 g/mol. The van der Waals surface area contributed by atoms with Gasteiger partial charge in [0, 0.05) is 14.2 Å². The fourth-order valence-electron chi connectivity index (χ4n) is 2.07. The van der Waals surface area contributed by atoms with Crippen LogP contribution in [0.25, 0.3) is 0 Å². The van der Waals surface area contributed by atoms with Crippen molar-refractivity contribution in [2.45, 2.75) is 44.1 Å². The molecule has 0 spiro atoms. The van der Waals surface area contributed by atoms with Gasteiger partial charge in [-0.15, -0.1) is 0 Å². The van der Waals surface area contributed by atoms with Gasteiger partial charge in [0.25, 0.3) is 0 Å². The molecule has 0 radical (unpaired) electrons. The Morgan fingerprint density at radius 2 is 1.71 bits per heavy atom. The van der Waals surface area contributed by atoms with E-state index >= 15 is 0 Å². The molecule has 0 aromatic rings. The van der Waals surface area contributed by atoms with Crippen LogP contribution >= 0.6 is 0 Å². The number of aliphatic hydroxyl groups is 2.